The maximum Gasteiger partial charge on any atom is 0.428 e. The molecule has 2 aromatic rings. The standard InChI is InChI=1S/C32H44N8O8/c1-36(18-19-46-2)32(45)48-38-16-14-37(15-17-38)27(41)21-33-30(43)25-20-29(40(35-25)24-10-4-3-5-11-24)47-22-28(42)39-13-7-12-26(39)31(44)34-23-8-6-9-23/h3-5,10-11,20,23,26H,6-9,12-19,21-22H2,1-2H3,(H,33,43)(H,34,44)/t26-/m0/s1. The third kappa shape index (κ3) is 8.80. The molecule has 3 fully saturated rings. The molecule has 260 valence electrons. The highest BCUT2D eigenvalue weighted by Gasteiger charge is 2.36. The van der Waals surface area contributed by atoms with Gasteiger partial charge in [0.25, 0.3) is 11.8 Å². The number of para-hydroxylation sites is 1. The Morgan fingerprint density at radius 3 is 2.40 bits per heavy atom. The van der Waals surface area contributed by atoms with Crippen LogP contribution in [0.25, 0.3) is 5.69 Å². The lowest BCUT2D eigenvalue weighted by atomic mass is 9.93. The van der Waals surface area contributed by atoms with Crippen molar-refractivity contribution in [3.05, 3.63) is 42.1 Å². The molecule has 2 aliphatic heterocycles. The molecule has 16 nitrogen and oxygen atoms in total. The number of hydroxylamine groups is 2. The number of aromatic nitrogens is 2. The molecule has 2 N–H and O–H groups in total. The summed E-state index contributed by atoms with van der Waals surface area (Å²) in [5.74, 6) is -1.17. The number of piperazine rings is 1. The van der Waals surface area contributed by atoms with Crippen molar-refractivity contribution in [1.82, 2.24) is 40.2 Å². The van der Waals surface area contributed by atoms with Crippen molar-refractivity contribution >= 4 is 29.7 Å². The van der Waals surface area contributed by atoms with Crippen LogP contribution in [0.4, 0.5) is 4.79 Å². The molecular formula is C32H44N8O8. The molecule has 2 saturated heterocycles. The van der Waals surface area contributed by atoms with Gasteiger partial charge in [-0.25, -0.2) is 9.48 Å². The van der Waals surface area contributed by atoms with Crippen molar-refractivity contribution in [2.45, 2.75) is 44.2 Å². The summed E-state index contributed by atoms with van der Waals surface area (Å²) in [4.78, 5) is 74.1. The predicted octanol–water partition coefficient (Wildman–Crippen LogP) is 0.415. The van der Waals surface area contributed by atoms with Crippen LogP contribution >= 0.6 is 0 Å². The summed E-state index contributed by atoms with van der Waals surface area (Å²) in [7, 11) is 3.17. The van der Waals surface area contributed by atoms with Gasteiger partial charge in [0.2, 0.25) is 17.7 Å². The number of hydrogen-bond acceptors (Lipinski definition) is 10. The number of benzene rings is 1. The van der Waals surface area contributed by atoms with Gasteiger partial charge in [-0.1, -0.05) is 18.2 Å². The molecule has 3 heterocycles. The summed E-state index contributed by atoms with van der Waals surface area (Å²) in [6.07, 6.45) is 3.86. The van der Waals surface area contributed by atoms with Gasteiger partial charge in [-0.3, -0.25) is 19.2 Å². The second kappa shape index (κ2) is 16.4. The van der Waals surface area contributed by atoms with Crippen LogP contribution < -0.4 is 15.4 Å². The Morgan fingerprint density at radius 1 is 0.958 bits per heavy atom. The van der Waals surface area contributed by atoms with E-state index >= 15 is 0 Å². The molecule has 0 bridgehead atoms. The van der Waals surface area contributed by atoms with E-state index in [2.05, 4.69) is 15.7 Å². The minimum atomic E-state index is -0.590. The summed E-state index contributed by atoms with van der Waals surface area (Å²) in [6.45, 7) is 1.94. The average molecular weight is 669 g/mol. The van der Waals surface area contributed by atoms with Crippen LogP contribution in [-0.4, -0.2) is 145 Å². The predicted molar refractivity (Wildman–Crippen MR) is 171 cm³/mol. The van der Waals surface area contributed by atoms with E-state index in [1.807, 2.05) is 6.07 Å². The minimum Gasteiger partial charge on any atom is -0.467 e. The highest BCUT2D eigenvalue weighted by Crippen LogP contribution is 2.23. The number of nitrogens with one attached hydrogen (secondary N) is 2. The Kier molecular flexibility index (Phi) is 11.8. The monoisotopic (exact) mass is 668 g/mol. The smallest absolute Gasteiger partial charge is 0.428 e. The van der Waals surface area contributed by atoms with Crippen LogP contribution in [-0.2, 0) is 24.0 Å². The molecule has 1 atom stereocenters. The fourth-order valence-electron chi connectivity index (χ4n) is 5.62. The van der Waals surface area contributed by atoms with E-state index in [-0.39, 0.29) is 48.5 Å². The first-order valence-corrected chi connectivity index (χ1v) is 16.3. The van der Waals surface area contributed by atoms with Crippen LogP contribution in [0.5, 0.6) is 5.88 Å². The van der Waals surface area contributed by atoms with Gasteiger partial charge < -0.3 is 39.6 Å². The summed E-state index contributed by atoms with van der Waals surface area (Å²) in [6, 6.07) is 10.1. The van der Waals surface area contributed by atoms with E-state index in [1.165, 1.54) is 20.7 Å². The Labute approximate surface area is 279 Å². The number of rotatable bonds is 13. The number of carbonyl (C=O) groups excluding carboxylic acids is 5. The largest absolute Gasteiger partial charge is 0.467 e. The first kappa shape index (κ1) is 34.6. The molecule has 1 saturated carbocycles. The molecule has 0 spiro atoms. The van der Waals surface area contributed by atoms with E-state index in [4.69, 9.17) is 14.3 Å². The molecule has 5 amide bonds. The van der Waals surface area contributed by atoms with E-state index in [0.717, 1.165) is 25.7 Å². The van der Waals surface area contributed by atoms with Gasteiger partial charge in [0.15, 0.2) is 12.3 Å². The number of carbonyl (C=O) groups is 5. The van der Waals surface area contributed by atoms with Crippen molar-refractivity contribution in [2.75, 3.05) is 73.2 Å². The van der Waals surface area contributed by atoms with Crippen LogP contribution in [0.1, 0.15) is 42.6 Å². The zero-order valence-corrected chi connectivity index (χ0v) is 27.5. The zero-order chi connectivity index (χ0) is 34.0. The van der Waals surface area contributed by atoms with Crippen LogP contribution in [0, 0.1) is 0 Å². The fourth-order valence-corrected chi connectivity index (χ4v) is 5.62. The lowest BCUT2D eigenvalue weighted by Gasteiger charge is -2.34. The maximum absolute atomic E-state index is 13.2. The number of nitrogens with zero attached hydrogens (tertiary/aromatic N) is 6. The quantitative estimate of drug-likeness (QED) is 0.305. The van der Waals surface area contributed by atoms with Gasteiger partial charge >= 0.3 is 6.09 Å². The zero-order valence-electron chi connectivity index (χ0n) is 27.5. The molecule has 1 aliphatic carbocycles. The normalized spacial score (nSPS) is 18.2. The Balaban J connectivity index is 1.14. The van der Waals surface area contributed by atoms with E-state index < -0.39 is 18.0 Å². The second-order valence-corrected chi connectivity index (χ2v) is 12.0. The number of likely N-dealkylation sites (tertiary alicyclic amines) is 1. The molecule has 5 rings (SSSR count). The third-order valence-electron chi connectivity index (χ3n) is 8.72. The SMILES string of the molecule is COCCN(C)C(=O)ON1CCN(C(=O)CNC(=O)c2cc(OCC(=O)N3CCC[C@H]3C(=O)NC3CCC3)n(-c3ccccc3)n2)CC1. The summed E-state index contributed by atoms with van der Waals surface area (Å²) < 4.78 is 12.3. The van der Waals surface area contributed by atoms with Gasteiger partial charge in [0.05, 0.1) is 31.9 Å². The van der Waals surface area contributed by atoms with Crippen LogP contribution in [0.3, 0.4) is 0 Å². The van der Waals surface area contributed by atoms with E-state index in [9.17, 15) is 24.0 Å². The average Bonchev–Trinajstić information content (AvgIpc) is 3.75. The van der Waals surface area contributed by atoms with E-state index in [0.29, 0.717) is 58.0 Å². The summed E-state index contributed by atoms with van der Waals surface area (Å²) in [5, 5.41) is 11.6. The second-order valence-electron chi connectivity index (χ2n) is 12.0. The fraction of sp³-hybridized carbons (Fsp3) is 0.562. The minimum absolute atomic E-state index is 0.00218. The number of amides is 5. The maximum atomic E-state index is 13.2. The van der Waals surface area contributed by atoms with Gasteiger partial charge in [-0.2, -0.15) is 5.10 Å². The first-order valence-electron chi connectivity index (χ1n) is 16.3. The molecule has 48 heavy (non-hydrogen) atoms. The number of hydrogen-bond donors (Lipinski definition) is 2. The molecule has 0 unspecified atom stereocenters. The molecule has 0 radical (unpaired) electrons. The van der Waals surface area contributed by atoms with Crippen LogP contribution in [0.2, 0.25) is 0 Å². The van der Waals surface area contributed by atoms with Crippen molar-refractivity contribution in [1.29, 1.82) is 0 Å². The number of methoxy groups -OCH3 is 1. The van der Waals surface area contributed by atoms with Gasteiger partial charge in [-0.05, 0) is 44.2 Å². The first-order chi connectivity index (χ1) is 23.2. The number of ether oxygens (including phenoxy) is 2. The van der Waals surface area contributed by atoms with Crippen molar-refractivity contribution in [3.8, 4) is 11.6 Å². The van der Waals surface area contributed by atoms with Gasteiger partial charge in [0, 0.05) is 52.4 Å². The third-order valence-corrected chi connectivity index (χ3v) is 8.72. The van der Waals surface area contributed by atoms with Crippen molar-refractivity contribution in [3.63, 3.8) is 0 Å². The molecule has 1 aromatic heterocycles. The topological polar surface area (TPSA) is 168 Å². The van der Waals surface area contributed by atoms with Crippen LogP contribution in [0.15, 0.2) is 36.4 Å². The molecule has 16 heteroatoms. The summed E-state index contributed by atoms with van der Waals surface area (Å²) in [5.41, 5.74) is 0.611. The highest BCUT2D eigenvalue weighted by molar-refractivity contribution is 5.95. The molecule has 1 aromatic carbocycles. The lowest BCUT2D eigenvalue weighted by Crippen LogP contribution is -2.52. The highest BCUT2D eigenvalue weighted by atomic mass is 16.7. The van der Waals surface area contributed by atoms with Crippen molar-refractivity contribution < 1.29 is 38.3 Å². The Hall–Kier alpha value is -4.70. The number of likely N-dealkylation sites (N-methyl/N-ethyl adjacent to an activating group) is 1. The lowest BCUT2D eigenvalue weighted by molar-refractivity contribution is -0.149. The summed E-state index contributed by atoms with van der Waals surface area (Å²) >= 11 is 0. The van der Waals surface area contributed by atoms with Crippen molar-refractivity contribution in [2.24, 2.45) is 0 Å². The molecular weight excluding hydrogens is 624 g/mol. The van der Waals surface area contributed by atoms with E-state index in [1.54, 1.807) is 48.2 Å². The Morgan fingerprint density at radius 2 is 1.71 bits per heavy atom. The van der Waals surface area contributed by atoms with Gasteiger partial charge in [0.1, 0.15) is 6.04 Å². The van der Waals surface area contributed by atoms with Gasteiger partial charge in [-0.15, -0.1) is 5.06 Å². The molecule has 3 aliphatic rings. The Bertz CT molecular complexity index is 1440.